The van der Waals surface area contributed by atoms with Crippen LogP contribution in [0.4, 0.5) is 40.8 Å². The Morgan fingerprint density at radius 2 is 1.64 bits per heavy atom. The average Bonchev–Trinajstić information content (AvgIpc) is 3.47. The van der Waals surface area contributed by atoms with Crippen LogP contribution >= 0.6 is 11.6 Å². The molecule has 6 rings (SSSR count). The Balaban J connectivity index is 1.14. The highest BCUT2D eigenvalue weighted by molar-refractivity contribution is 6.30. The van der Waals surface area contributed by atoms with Crippen LogP contribution in [0.2, 0.25) is 5.02 Å². The lowest BCUT2D eigenvalue weighted by molar-refractivity contribution is -0.137. The number of rotatable bonds is 6. The number of nitrogens with one attached hydrogen (secondary N) is 3. The molecule has 5 N–H and O–H groups in total. The summed E-state index contributed by atoms with van der Waals surface area (Å²) in [5.41, 5.74) is 9.89. The van der Waals surface area contributed by atoms with Gasteiger partial charge in [-0.3, -0.25) is 0 Å². The molecule has 9 nitrogen and oxygen atoms in total. The Hall–Kier alpha value is -5.36. The van der Waals surface area contributed by atoms with Gasteiger partial charge in [0, 0.05) is 29.6 Å². The van der Waals surface area contributed by atoms with Crippen LogP contribution < -0.4 is 26.4 Å². The minimum Gasteiger partial charge on any atom is -0.424 e. The maximum Gasteiger partial charge on any atom is 0.416 e. The van der Waals surface area contributed by atoms with Crippen molar-refractivity contribution in [1.29, 1.82) is 0 Å². The maximum atomic E-state index is 13.5. The zero-order chi connectivity index (χ0) is 30.8. The van der Waals surface area contributed by atoms with E-state index in [1.54, 1.807) is 36.4 Å². The van der Waals surface area contributed by atoms with E-state index in [-0.39, 0.29) is 17.4 Å². The molecule has 0 aliphatic carbocycles. The highest BCUT2D eigenvalue weighted by atomic mass is 35.5. The third-order valence-electron chi connectivity index (χ3n) is 6.87. The molecule has 2 aromatic heterocycles. The van der Waals surface area contributed by atoms with E-state index >= 15 is 0 Å². The molecule has 0 bridgehead atoms. The minimum absolute atomic E-state index is 0.00265. The summed E-state index contributed by atoms with van der Waals surface area (Å²) in [6, 6.07) is 16.8. The van der Waals surface area contributed by atoms with Crippen LogP contribution in [-0.2, 0) is 12.6 Å². The van der Waals surface area contributed by atoms with Gasteiger partial charge in [0.05, 0.1) is 34.4 Å². The summed E-state index contributed by atoms with van der Waals surface area (Å²) >= 11 is 6.03. The molecule has 44 heavy (non-hydrogen) atoms. The van der Waals surface area contributed by atoms with Crippen molar-refractivity contribution in [2.75, 3.05) is 28.2 Å². The van der Waals surface area contributed by atoms with Crippen LogP contribution in [0.3, 0.4) is 0 Å². The molecular formula is C31H23ClF3N7O2. The molecule has 0 atom stereocenters. The van der Waals surface area contributed by atoms with Crippen molar-refractivity contribution in [3.05, 3.63) is 101 Å². The molecule has 1 aliphatic rings. The van der Waals surface area contributed by atoms with Crippen LogP contribution in [-0.4, -0.2) is 27.5 Å². The molecule has 222 valence electrons. The van der Waals surface area contributed by atoms with E-state index in [9.17, 15) is 18.0 Å². The maximum absolute atomic E-state index is 13.5. The minimum atomic E-state index is -4.59. The summed E-state index contributed by atoms with van der Waals surface area (Å²) in [6.07, 6.45) is 0.308. The standard InChI is InChI=1S/C31H23ClF3N7O2/c32-21-13-25(28(36)38-14-21)17-1-5-23(6-2-17)44-30-39-15-22(16-40-30)41-29(43)42-27-12-20(31(33,34)35)4-7-24(27)18-3-8-26-19(11-18)9-10-37-26/h1-8,11-16,37H,9-10H2,(H2,36,38)(H2,41,42,43). The number of benzene rings is 3. The fourth-order valence-electron chi connectivity index (χ4n) is 4.76. The smallest absolute Gasteiger partial charge is 0.416 e. The van der Waals surface area contributed by atoms with Gasteiger partial charge in [-0.2, -0.15) is 13.2 Å². The van der Waals surface area contributed by atoms with E-state index < -0.39 is 17.8 Å². The van der Waals surface area contributed by atoms with E-state index in [1.807, 2.05) is 12.1 Å². The Morgan fingerprint density at radius 3 is 2.39 bits per heavy atom. The first kappa shape index (κ1) is 28.7. The highest BCUT2D eigenvalue weighted by Gasteiger charge is 2.31. The molecule has 13 heteroatoms. The number of nitrogen functional groups attached to an aromatic ring is 1. The van der Waals surface area contributed by atoms with Gasteiger partial charge in [-0.1, -0.05) is 35.9 Å². The molecule has 0 saturated carbocycles. The molecule has 5 aromatic rings. The van der Waals surface area contributed by atoms with E-state index in [2.05, 4.69) is 30.9 Å². The van der Waals surface area contributed by atoms with Crippen LogP contribution in [0, 0.1) is 0 Å². The van der Waals surface area contributed by atoms with Gasteiger partial charge in [0.1, 0.15) is 11.6 Å². The zero-order valence-electron chi connectivity index (χ0n) is 22.7. The summed E-state index contributed by atoms with van der Waals surface area (Å²) in [7, 11) is 0. The molecular weight excluding hydrogens is 595 g/mol. The Labute approximate surface area is 254 Å². The molecule has 0 saturated heterocycles. The molecule has 0 radical (unpaired) electrons. The number of hydrogen-bond acceptors (Lipinski definition) is 7. The molecule has 0 unspecified atom stereocenters. The fourth-order valence-corrected chi connectivity index (χ4v) is 4.91. The van der Waals surface area contributed by atoms with E-state index in [0.29, 0.717) is 33.3 Å². The van der Waals surface area contributed by atoms with Crippen molar-refractivity contribution in [3.63, 3.8) is 0 Å². The van der Waals surface area contributed by atoms with Gasteiger partial charge in [-0.05, 0) is 65.6 Å². The largest absolute Gasteiger partial charge is 0.424 e. The zero-order valence-corrected chi connectivity index (χ0v) is 23.5. The molecule has 0 fully saturated rings. The summed E-state index contributed by atoms with van der Waals surface area (Å²) in [5, 5.41) is 8.80. The van der Waals surface area contributed by atoms with Gasteiger partial charge >= 0.3 is 18.2 Å². The summed E-state index contributed by atoms with van der Waals surface area (Å²) in [4.78, 5) is 25.1. The number of amides is 2. The van der Waals surface area contributed by atoms with Gasteiger partial charge < -0.3 is 26.4 Å². The first-order valence-electron chi connectivity index (χ1n) is 13.3. The lowest BCUT2D eigenvalue weighted by Crippen LogP contribution is -2.20. The summed E-state index contributed by atoms with van der Waals surface area (Å²) in [5.74, 6) is 0.781. The summed E-state index contributed by atoms with van der Waals surface area (Å²) in [6.45, 7) is 0.787. The van der Waals surface area contributed by atoms with Crippen LogP contribution in [0.15, 0.2) is 85.3 Å². The second-order valence-corrected chi connectivity index (χ2v) is 10.3. The van der Waals surface area contributed by atoms with Crippen molar-refractivity contribution in [2.45, 2.75) is 12.6 Å². The second-order valence-electron chi connectivity index (χ2n) is 9.85. The highest BCUT2D eigenvalue weighted by Crippen LogP contribution is 2.38. The topological polar surface area (TPSA) is 127 Å². The Morgan fingerprint density at radius 1 is 0.886 bits per heavy atom. The van der Waals surface area contributed by atoms with Gasteiger partial charge in [-0.15, -0.1) is 0 Å². The van der Waals surface area contributed by atoms with Crippen molar-refractivity contribution >= 4 is 40.5 Å². The fraction of sp³-hybridized carbons (Fsp3) is 0.0968. The number of ether oxygens (including phenoxy) is 1. The number of carbonyl (C=O) groups is 1. The lowest BCUT2D eigenvalue weighted by Gasteiger charge is -2.16. The number of nitrogens with zero attached hydrogens (tertiary/aromatic N) is 3. The number of aromatic nitrogens is 3. The number of halogens is 4. The Kier molecular flexibility index (Phi) is 7.66. The number of fused-ring (bicyclic) bond motifs is 1. The van der Waals surface area contributed by atoms with Crippen LogP contribution in [0.25, 0.3) is 22.3 Å². The first-order chi connectivity index (χ1) is 21.1. The number of nitrogens with two attached hydrogens (primary N) is 1. The predicted molar refractivity (Wildman–Crippen MR) is 163 cm³/mol. The van der Waals surface area contributed by atoms with Gasteiger partial charge in [0.15, 0.2) is 0 Å². The molecule has 0 spiro atoms. The number of anilines is 4. The molecule has 3 aromatic carbocycles. The predicted octanol–water partition coefficient (Wildman–Crippen LogP) is 7.86. The Bertz CT molecular complexity index is 1850. The monoisotopic (exact) mass is 617 g/mol. The number of hydrogen-bond donors (Lipinski definition) is 4. The summed E-state index contributed by atoms with van der Waals surface area (Å²) < 4.78 is 46.2. The van der Waals surface area contributed by atoms with Crippen LogP contribution in [0.1, 0.15) is 11.1 Å². The van der Waals surface area contributed by atoms with Crippen LogP contribution in [0.5, 0.6) is 11.8 Å². The first-order valence-corrected chi connectivity index (χ1v) is 13.7. The van der Waals surface area contributed by atoms with Gasteiger partial charge in [-0.25, -0.2) is 19.7 Å². The second kappa shape index (κ2) is 11.7. The normalized spacial score (nSPS) is 12.3. The lowest BCUT2D eigenvalue weighted by atomic mass is 9.98. The number of urea groups is 1. The van der Waals surface area contributed by atoms with E-state index in [4.69, 9.17) is 22.1 Å². The van der Waals surface area contributed by atoms with Crippen molar-refractivity contribution < 1.29 is 22.7 Å². The average molecular weight is 618 g/mol. The number of pyridine rings is 1. The third kappa shape index (κ3) is 6.35. The molecule has 1 aliphatic heterocycles. The SMILES string of the molecule is Nc1ncc(Cl)cc1-c1ccc(Oc2ncc(NC(=O)Nc3cc(C(F)(F)F)ccc3-c3ccc4c(c3)CCN4)cn2)cc1. The van der Waals surface area contributed by atoms with E-state index in [1.165, 1.54) is 24.7 Å². The van der Waals surface area contributed by atoms with Crippen molar-refractivity contribution in [1.82, 2.24) is 15.0 Å². The van der Waals surface area contributed by atoms with E-state index in [0.717, 1.165) is 41.9 Å². The quantitative estimate of drug-likeness (QED) is 0.153. The number of alkyl halides is 3. The van der Waals surface area contributed by atoms with Gasteiger partial charge in [0.2, 0.25) is 0 Å². The molecule has 3 heterocycles. The third-order valence-corrected chi connectivity index (χ3v) is 7.07. The molecule has 2 amide bonds. The van der Waals surface area contributed by atoms with Gasteiger partial charge in [0.25, 0.3) is 0 Å². The van der Waals surface area contributed by atoms with Crippen molar-refractivity contribution in [2.24, 2.45) is 0 Å². The van der Waals surface area contributed by atoms with Crippen molar-refractivity contribution in [3.8, 4) is 34.0 Å². The number of carbonyl (C=O) groups excluding carboxylic acids is 1.